The van der Waals surface area contributed by atoms with E-state index in [2.05, 4.69) is 26.3 Å². The number of anilines is 1. The highest BCUT2D eigenvalue weighted by Gasteiger charge is 2.40. The summed E-state index contributed by atoms with van der Waals surface area (Å²) in [5.41, 5.74) is -2.20. The summed E-state index contributed by atoms with van der Waals surface area (Å²) in [7, 11) is 0. The van der Waals surface area contributed by atoms with E-state index >= 15 is 0 Å². The SMILES string of the molecule is O=C(Nc1ccc(Br)cc1F)c1cnn(-c2ccc(Cl)cc2)c1C(F)(F)F. The second kappa shape index (κ2) is 7.32. The Morgan fingerprint density at radius 1 is 1.15 bits per heavy atom. The minimum Gasteiger partial charge on any atom is -0.319 e. The van der Waals surface area contributed by atoms with E-state index in [-0.39, 0.29) is 11.4 Å². The average molecular weight is 463 g/mol. The molecule has 3 aromatic rings. The number of rotatable bonds is 3. The number of nitrogens with one attached hydrogen (secondary N) is 1. The van der Waals surface area contributed by atoms with Crippen molar-refractivity contribution < 1.29 is 22.4 Å². The molecule has 0 aliphatic heterocycles. The molecule has 27 heavy (non-hydrogen) atoms. The third kappa shape index (κ3) is 4.14. The van der Waals surface area contributed by atoms with E-state index in [4.69, 9.17) is 11.6 Å². The van der Waals surface area contributed by atoms with Crippen LogP contribution in [0.5, 0.6) is 0 Å². The molecule has 0 fully saturated rings. The molecule has 1 heterocycles. The predicted octanol–water partition coefficient (Wildman–Crippen LogP) is 5.70. The van der Waals surface area contributed by atoms with Crippen LogP contribution in [0.3, 0.4) is 0 Å². The van der Waals surface area contributed by atoms with Gasteiger partial charge in [0.2, 0.25) is 0 Å². The molecule has 4 nitrogen and oxygen atoms in total. The molecule has 1 aromatic heterocycles. The third-order valence-corrected chi connectivity index (χ3v) is 4.28. The molecule has 0 saturated carbocycles. The number of amides is 1. The predicted molar refractivity (Wildman–Crippen MR) is 95.6 cm³/mol. The fourth-order valence-corrected chi connectivity index (χ4v) is 2.81. The summed E-state index contributed by atoms with van der Waals surface area (Å²) < 4.78 is 55.6. The zero-order valence-corrected chi connectivity index (χ0v) is 15.5. The summed E-state index contributed by atoms with van der Waals surface area (Å²) in [4.78, 5) is 12.4. The molecule has 0 saturated heterocycles. The van der Waals surface area contributed by atoms with Crippen molar-refractivity contribution in [1.82, 2.24) is 9.78 Å². The van der Waals surface area contributed by atoms with Gasteiger partial charge in [-0.2, -0.15) is 18.3 Å². The molecule has 0 unspecified atom stereocenters. The van der Waals surface area contributed by atoms with Crippen LogP contribution < -0.4 is 5.32 Å². The summed E-state index contributed by atoms with van der Waals surface area (Å²) in [6.45, 7) is 0. The number of carbonyl (C=O) groups excluding carboxylic acids is 1. The first-order valence-corrected chi connectivity index (χ1v) is 8.51. The maximum atomic E-state index is 13.9. The van der Waals surface area contributed by atoms with Crippen LogP contribution in [0, 0.1) is 5.82 Å². The minimum atomic E-state index is -4.87. The molecular formula is C17H9BrClF4N3O. The molecule has 0 bridgehead atoms. The quantitative estimate of drug-likeness (QED) is 0.508. The van der Waals surface area contributed by atoms with Gasteiger partial charge in [-0.05, 0) is 42.5 Å². The summed E-state index contributed by atoms with van der Waals surface area (Å²) in [6, 6.07) is 9.22. The lowest BCUT2D eigenvalue weighted by atomic mass is 10.2. The number of nitrogens with zero attached hydrogens (tertiary/aromatic N) is 2. The monoisotopic (exact) mass is 461 g/mol. The highest BCUT2D eigenvalue weighted by Crippen LogP contribution is 2.34. The van der Waals surface area contributed by atoms with E-state index in [1.807, 2.05) is 0 Å². The second-order valence-electron chi connectivity index (χ2n) is 5.37. The van der Waals surface area contributed by atoms with Crippen LogP contribution in [0.1, 0.15) is 16.1 Å². The van der Waals surface area contributed by atoms with Crippen LogP contribution in [0.4, 0.5) is 23.2 Å². The molecular weight excluding hydrogens is 454 g/mol. The van der Waals surface area contributed by atoms with Crippen molar-refractivity contribution in [2.45, 2.75) is 6.18 Å². The van der Waals surface area contributed by atoms with E-state index in [9.17, 15) is 22.4 Å². The molecule has 140 valence electrons. The zero-order valence-electron chi connectivity index (χ0n) is 13.2. The van der Waals surface area contributed by atoms with E-state index in [0.29, 0.717) is 14.2 Å². The van der Waals surface area contributed by atoms with Crippen molar-refractivity contribution in [3.8, 4) is 5.69 Å². The normalized spacial score (nSPS) is 11.5. The van der Waals surface area contributed by atoms with Gasteiger partial charge in [0.25, 0.3) is 5.91 Å². The molecule has 1 N–H and O–H groups in total. The molecule has 0 atom stereocenters. The van der Waals surface area contributed by atoms with Gasteiger partial charge in [-0.15, -0.1) is 0 Å². The maximum Gasteiger partial charge on any atom is 0.434 e. The fraction of sp³-hybridized carbons (Fsp3) is 0.0588. The van der Waals surface area contributed by atoms with E-state index in [1.54, 1.807) is 0 Å². The van der Waals surface area contributed by atoms with Crippen LogP contribution in [0.15, 0.2) is 53.1 Å². The van der Waals surface area contributed by atoms with Crippen molar-refractivity contribution in [2.75, 3.05) is 5.32 Å². The first-order valence-electron chi connectivity index (χ1n) is 7.34. The number of halogens is 6. The van der Waals surface area contributed by atoms with Crippen LogP contribution in [-0.4, -0.2) is 15.7 Å². The first kappa shape index (κ1) is 19.4. The largest absolute Gasteiger partial charge is 0.434 e. The highest BCUT2D eigenvalue weighted by atomic mass is 79.9. The van der Waals surface area contributed by atoms with Crippen LogP contribution >= 0.6 is 27.5 Å². The maximum absolute atomic E-state index is 13.9. The van der Waals surface area contributed by atoms with Crippen molar-refractivity contribution in [3.63, 3.8) is 0 Å². The first-order chi connectivity index (χ1) is 12.7. The van der Waals surface area contributed by atoms with Gasteiger partial charge in [0.05, 0.1) is 23.1 Å². The van der Waals surface area contributed by atoms with E-state index < -0.39 is 29.2 Å². The lowest BCUT2D eigenvalue weighted by molar-refractivity contribution is -0.143. The smallest absolute Gasteiger partial charge is 0.319 e. The van der Waals surface area contributed by atoms with Gasteiger partial charge in [0.15, 0.2) is 5.69 Å². The van der Waals surface area contributed by atoms with Crippen LogP contribution in [-0.2, 0) is 6.18 Å². The number of hydrogen-bond donors (Lipinski definition) is 1. The third-order valence-electron chi connectivity index (χ3n) is 3.53. The number of benzene rings is 2. The molecule has 0 radical (unpaired) electrons. The van der Waals surface area contributed by atoms with Gasteiger partial charge in [-0.3, -0.25) is 4.79 Å². The molecule has 2 aromatic carbocycles. The Bertz CT molecular complexity index is 1000. The Morgan fingerprint density at radius 3 is 2.41 bits per heavy atom. The average Bonchev–Trinajstić information content (AvgIpc) is 3.03. The molecule has 10 heteroatoms. The lowest BCUT2D eigenvalue weighted by Gasteiger charge is -2.13. The number of aromatic nitrogens is 2. The minimum absolute atomic E-state index is 0.0700. The number of carbonyl (C=O) groups is 1. The van der Waals surface area contributed by atoms with Crippen molar-refractivity contribution in [2.24, 2.45) is 0 Å². The fourth-order valence-electron chi connectivity index (χ4n) is 2.35. The Morgan fingerprint density at radius 2 is 1.81 bits per heavy atom. The topological polar surface area (TPSA) is 46.9 Å². The lowest BCUT2D eigenvalue weighted by Crippen LogP contribution is -2.21. The molecule has 0 aliphatic rings. The summed E-state index contributed by atoms with van der Waals surface area (Å²) in [5, 5.41) is 6.14. The Hall–Kier alpha value is -2.39. The summed E-state index contributed by atoms with van der Waals surface area (Å²) in [6.07, 6.45) is -4.09. The van der Waals surface area contributed by atoms with Gasteiger partial charge in [0.1, 0.15) is 5.82 Å². The van der Waals surface area contributed by atoms with Gasteiger partial charge >= 0.3 is 6.18 Å². The van der Waals surface area contributed by atoms with Gasteiger partial charge < -0.3 is 5.32 Å². The van der Waals surface area contributed by atoms with Crippen LogP contribution in [0.2, 0.25) is 5.02 Å². The van der Waals surface area contributed by atoms with Gasteiger partial charge in [-0.1, -0.05) is 27.5 Å². The molecule has 0 aliphatic carbocycles. The van der Waals surface area contributed by atoms with Crippen molar-refractivity contribution in [3.05, 3.63) is 75.2 Å². The Balaban J connectivity index is 2.02. The van der Waals surface area contributed by atoms with Gasteiger partial charge in [0, 0.05) is 9.50 Å². The van der Waals surface area contributed by atoms with Crippen LogP contribution in [0.25, 0.3) is 5.69 Å². The van der Waals surface area contributed by atoms with Gasteiger partial charge in [-0.25, -0.2) is 9.07 Å². The Labute approximate surface area is 163 Å². The molecule has 1 amide bonds. The van der Waals surface area contributed by atoms with E-state index in [1.165, 1.54) is 36.4 Å². The number of hydrogen-bond acceptors (Lipinski definition) is 2. The molecule has 3 rings (SSSR count). The number of alkyl halides is 3. The zero-order chi connectivity index (χ0) is 19.8. The molecule has 0 spiro atoms. The summed E-state index contributed by atoms with van der Waals surface area (Å²) in [5.74, 6) is -1.93. The summed E-state index contributed by atoms with van der Waals surface area (Å²) >= 11 is 8.80. The standard InChI is InChI=1S/C17H9BrClF4N3O/c18-9-1-6-14(13(20)7-9)25-16(27)12-8-24-26(15(12)17(21,22)23)11-4-2-10(19)3-5-11/h1-8H,(H,25,27). The highest BCUT2D eigenvalue weighted by molar-refractivity contribution is 9.10. The van der Waals surface area contributed by atoms with Crippen molar-refractivity contribution >= 4 is 39.1 Å². The second-order valence-corrected chi connectivity index (χ2v) is 6.72. The Kier molecular flexibility index (Phi) is 5.25. The van der Waals surface area contributed by atoms with Crippen molar-refractivity contribution in [1.29, 1.82) is 0 Å². The van der Waals surface area contributed by atoms with E-state index in [0.717, 1.165) is 12.3 Å².